The fourth-order valence-corrected chi connectivity index (χ4v) is 0.931. The minimum absolute atomic E-state index is 0.646. The third kappa shape index (κ3) is 3.05. The maximum Gasteiger partial charge on any atom is 0.328 e. The first kappa shape index (κ1) is 8.59. The number of carbonyl (C=O) groups is 1. The van der Waals surface area contributed by atoms with Gasteiger partial charge in [0.05, 0.1) is 0 Å². The second-order valence-electron chi connectivity index (χ2n) is 2.46. The third-order valence-corrected chi connectivity index (χ3v) is 1.48. The molecular formula is C9H11NO2. The van der Waals surface area contributed by atoms with Crippen LogP contribution in [0.5, 0.6) is 0 Å². The zero-order chi connectivity index (χ0) is 8.81. The highest BCUT2D eigenvalue weighted by Gasteiger charge is 1.95. The molecule has 0 radical (unpaired) electrons. The van der Waals surface area contributed by atoms with Crippen molar-refractivity contribution in [2.45, 2.75) is 0 Å². The van der Waals surface area contributed by atoms with E-state index < -0.39 is 5.97 Å². The zero-order valence-corrected chi connectivity index (χ0v) is 6.68. The predicted molar refractivity (Wildman–Crippen MR) is 46.6 cm³/mol. The molecule has 0 saturated heterocycles. The molecule has 0 atom stereocenters. The first-order valence-corrected chi connectivity index (χ1v) is 3.76. The van der Waals surface area contributed by atoms with Crippen LogP contribution in [0.4, 0.5) is 0 Å². The van der Waals surface area contributed by atoms with E-state index in [2.05, 4.69) is 0 Å². The summed E-state index contributed by atoms with van der Waals surface area (Å²) in [6.45, 7) is 1.49. The van der Waals surface area contributed by atoms with Crippen molar-refractivity contribution in [1.82, 2.24) is 4.90 Å². The van der Waals surface area contributed by atoms with Crippen LogP contribution in [-0.4, -0.2) is 29.1 Å². The highest BCUT2D eigenvalue weighted by Crippen LogP contribution is 1.97. The van der Waals surface area contributed by atoms with Gasteiger partial charge in [0.1, 0.15) is 0 Å². The normalized spacial score (nSPS) is 15.8. The minimum Gasteiger partial charge on any atom is -0.478 e. The number of hydrogen-bond donors (Lipinski definition) is 1. The van der Waals surface area contributed by atoms with E-state index in [1.165, 1.54) is 0 Å². The number of aliphatic carboxylic acids is 1. The maximum absolute atomic E-state index is 10.1. The number of hydrogen-bond acceptors (Lipinski definition) is 2. The van der Waals surface area contributed by atoms with Gasteiger partial charge in [0.25, 0.3) is 0 Å². The van der Waals surface area contributed by atoms with Gasteiger partial charge in [-0.1, -0.05) is 18.2 Å². The molecule has 3 nitrogen and oxygen atoms in total. The number of allylic oxidation sites excluding steroid dienone is 2. The van der Waals surface area contributed by atoms with Gasteiger partial charge >= 0.3 is 5.97 Å². The Hall–Kier alpha value is -1.51. The second-order valence-corrected chi connectivity index (χ2v) is 2.46. The summed E-state index contributed by atoms with van der Waals surface area (Å²) >= 11 is 0. The Bertz CT molecular complexity index is 241. The van der Waals surface area contributed by atoms with E-state index in [0.717, 1.165) is 12.6 Å². The van der Waals surface area contributed by atoms with Gasteiger partial charge in [-0.3, -0.25) is 0 Å². The van der Waals surface area contributed by atoms with Crippen molar-refractivity contribution in [3.63, 3.8) is 0 Å². The van der Waals surface area contributed by atoms with Gasteiger partial charge in [-0.05, 0) is 12.3 Å². The second kappa shape index (κ2) is 4.38. The Balaban J connectivity index is 2.28. The summed E-state index contributed by atoms with van der Waals surface area (Å²) in [4.78, 5) is 12.1. The van der Waals surface area contributed by atoms with Crippen LogP contribution in [0, 0.1) is 0 Å². The molecule has 0 unspecified atom stereocenters. The minimum atomic E-state index is -0.897. The Kier molecular flexibility index (Phi) is 3.14. The van der Waals surface area contributed by atoms with E-state index in [9.17, 15) is 4.79 Å². The first-order chi connectivity index (χ1) is 5.79. The van der Waals surface area contributed by atoms with Gasteiger partial charge in [0.15, 0.2) is 0 Å². The summed E-state index contributed by atoms with van der Waals surface area (Å²) in [7, 11) is 0. The van der Waals surface area contributed by atoms with Crippen molar-refractivity contribution < 1.29 is 9.90 Å². The van der Waals surface area contributed by atoms with Gasteiger partial charge in [-0.2, -0.15) is 0 Å². The number of rotatable bonds is 3. The number of carboxylic acid groups (broad SMARTS) is 1. The fraction of sp³-hybridized carbons (Fsp3) is 0.222. The van der Waals surface area contributed by atoms with E-state index in [4.69, 9.17) is 5.11 Å². The lowest BCUT2D eigenvalue weighted by atomic mass is 10.3. The SMILES string of the molecule is O=C(O)C=CCN1C=CC=CC1. The molecule has 0 saturated carbocycles. The van der Waals surface area contributed by atoms with Crippen LogP contribution >= 0.6 is 0 Å². The lowest BCUT2D eigenvalue weighted by molar-refractivity contribution is -0.131. The predicted octanol–water partition coefficient (Wildman–Crippen LogP) is 1.01. The summed E-state index contributed by atoms with van der Waals surface area (Å²) in [5.74, 6) is -0.897. The van der Waals surface area contributed by atoms with Gasteiger partial charge in [-0.25, -0.2) is 4.79 Å². The molecule has 1 aliphatic rings. The molecule has 1 N–H and O–H groups in total. The Labute approximate surface area is 71.3 Å². The molecular weight excluding hydrogens is 154 g/mol. The Morgan fingerprint density at radius 1 is 1.58 bits per heavy atom. The Morgan fingerprint density at radius 3 is 3.00 bits per heavy atom. The molecule has 0 aromatic rings. The van der Waals surface area contributed by atoms with Crippen molar-refractivity contribution in [2.75, 3.05) is 13.1 Å². The zero-order valence-electron chi connectivity index (χ0n) is 6.68. The Morgan fingerprint density at radius 2 is 2.42 bits per heavy atom. The summed E-state index contributed by atoms with van der Waals surface area (Å²) in [6.07, 6.45) is 10.6. The lowest BCUT2D eigenvalue weighted by Gasteiger charge is -2.17. The van der Waals surface area contributed by atoms with Crippen LogP contribution in [-0.2, 0) is 4.79 Å². The summed E-state index contributed by atoms with van der Waals surface area (Å²) < 4.78 is 0. The largest absolute Gasteiger partial charge is 0.478 e. The fourth-order valence-electron chi connectivity index (χ4n) is 0.931. The molecule has 0 bridgehead atoms. The topological polar surface area (TPSA) is 40.5 Å². The molecule has 0 spiro atoms. The monoisotopic (exact) mass is 165 g/mol. The van der Waals surface area contributed by atoms with Crippen LogP contribution in [0.25, 0.3) is 0 Å². The molecule has 1 rings (SSSR count). The van der Waals surface area contributed by atoms with Crippen LogP contribution in [0.3, 0.4) is 0 Å². The van der Waals surface area contributed by atoms with Crippen molar-refractivity contribution in [1.29, 1.82) is 0 Å². The van der Waals surface area contributed by atoms with Gasteiger partial charge < -0.3 is 10.0 Å². The average Bonchev–Trinajstić information content (AvgIpc) is 2.05. The van der Waals surface area contributed by atoms with E-state index >= 15 is 0 Å². The van der Waals surface area contributed by atoms with Gasteiger partial charge in [0.2, 0.25) is 0 Å². The molecule has 0 amide bonds. The molecule has 3 heteroatoms. The number of nitrogens with zero attached hydrogens (tertiary/aromatic N) is 1. The third-order valence-electron chi connectivity index (χ3n) is 1.48. The first-order valence-electron chi connectivity index (χ1n) is 3.76. The van der Waals surface area contributed by atoms with Crippen LogP contribution in [0.1, 0.15) is 0 Å². The van der Waals surface area contributed by atoms with E-state index in [-0.39, 0.29) is 0 Å². The lowest BCUT2D eigenvalue weighted by Crippen LogP contribution is -2.18. The van der Waals surface area contributed by atoms with Crippen LogP contribution in [0.15, 0.2) is 36.6 Å². The molecule has 0 aliphatic carbocycles. The quantitative estimate of drug-likeness (QED) is 0.634. The highest BCUT2D eigenvalue weighted by atomic mass is 16.4. The van der Waals surface area contributed by atoms with Crippen molar-refractivity contribution in [2.24, 2.45) is 0 Å². The van der Waals surface area contributed by atoms with E-state index in [1.54, 1.807) is 6.08 Å². The smallest absolute Gasteiger partial charge is 0.328 e. The maximum atomic E-state index is 10.1. The number of carboxylic acids is 1. The average molecular weight is 165 g/mol. The standard InChI is InChI=1S/C9H11NO2/c11-9(12)5-4-8-10-6-2-1-3-7-10/h1-6H,7-8H2,(H,11,12). The summed E-state index contributed by atoms with van der Waals surface area (Å²) in [5.41, 5.74) is 0. The van der Waals surface area contributed by atoms with Crippen molar-refractivity contribution in [3.8, 4) is 0 Å². The van der Waals surface area contributed by atoms with E-state index in [0.29, 0.717) is 6.54 Å². The van der Waals surface area contributed by atoms with Crippen LogP contribution in [0.2, 0.25) is 0 Å². The summed E-state index contributed by atoms with van der Waals surface area (Å²) in [5, 5.41) is 8.31. The van der Waals surface area contributed by atoms with Crippen molar-refractivity contribution >= 4 is 5.97 Å². The molecule has 0 fully saturated rings. The van der Waals surface area contributed by atoms with E-state index in [1.807, 2.05) is 29.3 Å². The molecule has 0 aromatic heterocycles. The molecule has 64 valence electrons. The molecule has 1 aliphatic heterocycles. The van der Waals surface area contributed by atoms with Gasteiger partial charge in [-0.15, -0.1) is 0 Å². The molecule has 1 heterocycles. The van der Waals surface area contributed by atoms with Crippen LogP contribution < -0.4 is 0 Å². The van der Waals surface area contributed by atoms with Gasteiger partial charge in [0, 0.05) is 19.2 Å². The highest BCUT2D eigenvalue weighted by molar-refractivity contribution is 5.79. The summed E-state index contributed by atoms with van der Waals surface area (Å²) in [6, 6.07) is 0. The molecule has 12 heavy (non-hydrogen) atoms. The van der Waals surface area contributed by atoms with Crippen molar-refractivity contribution in [3.05, 3.63) is 36.6 Å². The molecule has 0 aromatic carbocycles.